The number of hydrogen-bond acceptors (Lipinski definition) is 4. The highest BCUT2D eigenvalue weighted by molar-refractivity contribution is 6.37. The normalized spacial score (nSPS) is 11.8. The highest BCUT2D eigenvalue weighted by atomic mass is 15.0. The standard InChI is InChI=1S/C60H36N4/c1-2-8-44(9-3-1)58-62-59(64-60(63-58)46-30-23-39(24-31-46)48-13-7-33-61-36-48)45-28-21-38(22-29-45)37-17-19-40(20-18-37)49-34-47-32-27-43-11-5-15-51-50-14-4-10-41-25-26-42-12-6-16-52(56(42)54(41)50)53(35-49)57(47)55(43)51/h1-36H. The minimum absolute atomic E-state index is 0.627. The molecule has 0 saturated carbocycles. The van der Waals surface area contributed by atoms with Gasteiger partial charge in [-0.3, -0.25) is 4.98 Å². The Labute approximate surface area is 369 Å². The van der Waals surface area contributed by atoms with Crippen LogP contribution >= 0.6 is 0 Å². The molecule has 64 heavy (non-hydrogen) atoms. The van der Waals surface area contributed by atoms with Crippen molar-refractivity contribution in [2.24, 2.45) is 0 Å². The Balaban J connectivity index is 0.884. The van der Waals surface area contributed by atoms with E-state index in [-0.39, 0.29) is 0 Å². The molecule has 0 amide bonds. The lowest BCUT2D eigenvalue weighted by molar-refractivity contribution is 1.07. The van der Waals surface area contributed by atoms with Crippen LogP contribution in [0.25, 0.3) is 132 Å². The van der Waals surface area contributed by atoms with E-state index in [0.717, 1.165) is 38.9 Å². The van der Waals surface area contributed by atoms with E-state index >= 15 is 0 Å². The maximum absolute atomic E-state index is 5.02. The zero-order valence-corrected chi connectivity index (χ0v) is 34.6. The Morgan fingerprint density at radius 2 is 0.625 bits per heavy atom. The van der Waals surface area contributed by atoms with Gasteiger partial charge >= 0.3 is 0 Å². The summed E-state index contributed by atoms with van der Waals surface area (Å²) in [5, 5.41) is 15.5. The van der Waals surface area contributed by atoms with Crippen LogP contribution in [0.4, 0.5) is 0 Å². The third-order valence-corrected chi connectivity index (χ3v) is 12.9. The maximum atomic E-state index is 5.02. The summed E-state index contributed by atoms with van der Waals surface area (Å²) in [7, 11) is 0. The quantitative estimate of drug-likeness (QED) is 0.157. The van der Waals surface area contributed by atoms with E-state index in [9.17, 15) is 0 Å². The van der Waals surface area contributed by atoms with E-state index in [1.807, 2.05) is 42.6 Å². The number of hydrogen-bond donors (Lipinski definition) is 0. The summed E-state index contributed by atoms with van der Waals surface area (Å²) in [5.41, 5.74) is 9.58. The lowest BCUT2D eigenvalue weighted by atomic mass is 9.86. The van der Waals surface area contributed by atoms with Crippen LogP contribution in [0, 0.1) is 0 Å². The minimum Gasteiger partial charge on any atom is -0.264 e. The zero-order chi connectivity index (χ0) is 42.1. The molecule has 0 saturated heterocycles. The van der Waals surface area contributed by atoms with Crippen LogP contribution < -0.4 is 0 Å². The van der Waals surface area contributed by atoms with Crippen LogP contribution in [0.5, 0.6) is 0 Å². The van der Waals surface area contributed by atoms with E-state index in [1.165, 1.54) is 75.8 Å². The number of pyridine rings is 1. The summed E-state index contributed by atoms with van der Waals surface area (Å²) in [6.45, 7) is 0. The van der Waals surface area contributed by atoms with E-state index in [1.54, 1.807) is 6.20 Å². The lowest BCUT2D eigenvalue weighted by Gasteiger charge is -2.17. The first-order valence-corrected chi connectivity index (χ1v) is 21.7. The monoisotopic (exact) mass is 812 g/mol. The predicted octanol–water partition coefficient (Wildman–Crippen LogP) is 15.6. The summed E-state index contributed by atoms with van der Waals surface area (Å²) in [5.74, 6) is 1.89. The number of aromatic nitrogens is 4. The van der Waals surface area contributed by atoms with Crippen molar-refractivity contribution in [3.05, 3.63) is 219 Å². The van der Waals surface area contributed by atoms with Crippen molar-refractivity contribution in [1.82, 2.24) is 19.9 Å². The molecule has 13 rings (SSSR count). The van der Waals surface area contributed by atoms with Crippen LogP contribution in [0.3, 0.4) is 0 Å². The SMILES string of the molecule is c1ccc(-c2nc(-c3ccc(-c4ccc(-c5cc6ccc7cccc8c9cccc%10ccc%11cccc(c(c5)c6c78)c%11c%109)cc4)cc3)nc(-c3ccc(-c4cccnc4)cc3)n2)cc1. The van der Waals surface area contributed by atoms with Crippen molar-refractivity contribution >= 4 is 64.6 Å². The first kappa shape index (κ1) is 36.1. The Morgan fingerprint density at radius 3 is 1.11 bits per heavy atom. The van der Waals surface area contributed by atoms with Gasteiger partial charge in [0.2, 0.25) is 0 Å². The summed E-state index contributed by atoms with van der Waals surface area (Å²) >= 11 is 0. The fraction of sp³-hybridized carbons (Fsp3) is 0. The molecule has 0 N–H and O–H groups in total. The van der Waals surface area contributed by atoms with E-state index in [4.69, 9.17) is 15.0 Å². The van der Waals surface area contributed by atoms with Crippen molar-refractivity contribution in [3.63, 3.8) is 0 Å². The zero-order valence-electron chi connectivity index (χ0n) is 34.6. The van der Waals surface area contributed by atoms with Gasteiger partial charge in [-0.25, -0.2) is 15.0 Å². The van der Waals surface area contributed by atoms with Gasteiger partial charge < -0.3 is 0 Å². The average molecular weight is 813 g/mol. The Kier molecular flexibility index (Phi) is 8.18. The maximum Gasteiger partial charge on any atom is 0.164 e. The second kappa shape index (κ2) is 14.5. The molecular weight excluding hydrogens is 777 g/mol. The molecule has 0 aliphatic heterocycles. The predicted molar refractivity (Wildman–Crippen MR) is 266 cm³/mol. The molecule has 0 unspecified atom stereocenters. The van der Waals surface area contributed by atoms with Gasteiger partial charge in [-0.05, 0) is 116 Å². The molecule has 0 atom stereocenters. The topological polar surface area (TPSA) is 51.6 Å². The molecule has 296 valence electrons. The van der Waals surface area contributed by atoms with Crippen LogP contribution in [0.2, 0.25) is 0 Å². The molecule has 2 heterocycles. The molecule has 11 aromatic carbocycles. The highest BCUT2D eigenvalue weighted by Gasteiger charge is 2.17. The second-order valence-electron chi connectivity index (χ2n) is 16.6. The molecule has 0 radical (unpaired) electrons. The van der Waals surface area contributed by atoms with Gasteiger partial charge in [0, 0.05) is 29.1 Å². The third kappa shape index (κ3) is 5.92. The first-order chi connectivity index (χ1) is 31.7. The molecule has 0 aliphatic carbocycles. The van der Waals surface area contributed by atoms with Crippen molar-refractivity contribution in [2.45, 2.75) is 0 Å². The first-order valence-electron chi connectivity index (χ1n) is 21.7. The molecule has 0 fully saturated rings. The smallest absolute Gasteiger partial charge is 0.164 e. The van der Waals surface area contributed by atoms with Crippen LogP contribution in [-0.2, 0) is 0 Å². The van der Waals surface area contributed by atoms with E-state index < -0.39 is 0 Å². The number of rotatable bonds is 6. The number of nitrogens with zero attached hydrogens (tertiary/aromatic N) is 4. The van der Waals surface area contributed by atoms with Gasteiger partial charge in [-0.15, -0.1) is 0 Å². The minimum atomic E-state index is 0.627. The van der Waals surface area contributed by atoms with Crippen LogP contribution in [0.15, 0.2) is 219 Å². The molecule has 13 aromatic rings. The summed E-state index contributed by atoms with van der Waals surface area (Å²) in [6.07, 6.45) is 3.66. The molecule has 0 spiro atoms. The Bertz CT molecular complexity index is 3900. The van der Waals surface area contributed by atoms with Gasteiger partial charge in [0.05, 0.1) is 0 Å². The summed E-state index contributed by atoms with van der Waals surface area (Å²) in [4.78, 5) is 19.2. The molecular formula is C60H36N4. The van der Waals surface area contributed by atoms with Crippen molar-refractivity contribution in [2.75, 3.05) is 0 Å². The third-order valence-electron chi connectivity index (χ3n) is 12.9. The average Bonchev–Trinajstić information content (AvgIpc) is 3.37. The van der Waals surface area contributed by atoms with Gasteiger partial charge in [-0.1, -0.05) is 188 Å². The summed E-state index contributed by atoms with van der Waals surface area (Å²) in [6, 6.07) is 74.2. The van der Waals surface area contributed by atoms with Gasteiger partial charge in [-0.2, -0.15) is 0 Å². The molecule has 4 heteroatoms. The van der Waals surface area contributed by atoms with Crippen LogP contribution in [-0.4, -0.2) is 19.9 Å². The molecule has 0 bridgehead atoms. The fourth-order valence-electron chi connectivity index (χ4n) is 9.81. The van der Waals surface area contributed by atoms with E-state index in [2.05, 4.69) is 175 Å². The molecule has 0 aliphatic rings. The lowest BCUT2D eigenvalue weighted by Crippen LogP contribution is -2.00. The van der Waals surface area contributed by atoms with E-state index in [0.29, 0.717) is 17.5 Å². The molecule has 2 aromatic heterocycles. The number of fused-ring (bicyclic) bond motifs is 2. The summed E-state index contributed by atoms with van der Waals surface area (Å²) < 4.78 is 0. The Hall–Kier alpha value is -8.60. The number of benzene rings is 10. The fourth-order valence-corrected chi connectivity index (χ4v) is 9.81. The molecule has 4 nitrogen and oxygen atoms in total. The van der Waals surface area contributed by atoms with Gasteiger partial charge in [0.25, 0.3) is 0 Å². The van der Waals surface area contributed by atoms with Gasteiger partial charge in [0.1, 0.15) is 0 Å². The van der Waals surface area contributed by atoms with Gasteiger partial charge in [0.15, 0.2) is 17.5 Å². The van der Waals surface area contributed by atoms with Crippen molar-refractivity contribution in [1.29, 1.82) is 0 Å². The van der Waals surface area contributed by atoms with Crippen molar-refractivity contribution < 1.29 is 0 Å². The van der Waals surface area contributed by atoms with Crippen molar-refractivity contribution in [3.8, 4) is 67.5 Å². The highest BCUT2D eigenvalue weighted by Crippen LogP contribution is 2.44. The van der Waals surface area contributed by atoms with Crippen LogP contribution in [0.1, 0.15) is 0 Å². The Morgan fingerprint density at radius 1 is 0.234 bits per heavy atom. The largest absolute Gasteiger partial charge is 0.264 e. The second-order valence-corrected chi connectivity index (χ2v) is 16.6.